The van der Waals surface area contributed by atoms with Gasteiger partial charge in [-0.1, -0.05) is 20.8 Å². The number of aldehydes is 1. The Bertz CT molecular complexity index is 576. The second-order valence-electron chi connectivity index (χ2n) is 4.16. The molecule has 1 N–H and O–H groups in total. The third kappa shape index (κ3) is 4.82. The van der Waals surface area contributed by atoms with Gasteiger partial charge in [-0.25, -0.2) is 14.8 Å². The lowest BCUT2D eigenvalue weighted by Crippen LogP contribution is -1.97. The molecule has 0 bridgehead atoms. The fraction of sp³-hybridized carbons (Fsp3) is 0.385. The first-order chi connectivity index (χ1) is 9.47. The predicted molar refractivity (Wildman–Crippen MR) is 80.0 cm³/mol. The van der Waals surface area contributed by atoms with E-state index in [9.17, 15) is 9.59 Å². The number of carbonyl (C=O) groups excluding carboxylic acids is 1. The Morgan fingerprint density at radius 1 is 1.50 bits per heavy atom. The lowest BCUT2D eigenvalue weighted by Gasteiger charge is -1.94. The highest BCUT2D eigenvalue weighted by molar-refractivity contribution is 7.13. The number of hydrogen-bond donors (Lipinski definition) is 1. The Kier molecular flexibility index (Phi) is 6.47. The Morgan fingerprint density at radius 3 is 2.50 bits per heavy atom. The summed E-state index contributed by atoms with van der Waals surface area (Å²) in [5.41, 5.74) is 0.152. The summed E-state index contributed by atoms with van der Waals surface area (Å²) < 4.78 is 0. The molecule has 0 fully saturated rings. The summed E-state index contributed by atoms with van der Waals surface area (Å²) in [4.78, 5) is 29.1. The number of carboxylic acid groups (broad SMARTS) is 1. The molecule has 2 aromatic rings. The van der Waals surface area contributed by atoms with Gasteiger partial charge in [-0.15, -0.1) is 22.7 Å². The molecule has 108 valence electrons. The van der Waals surface area contributed by atoms with Crippen LogP contribution in [0.25, 0.3) is 0 Å². The van der Waals surface area contributed by atoms with Crippen molar-refractivity contribution in [3.05, 3.63) is 32.2 Å². The molecule has 0 amide bonds. The summed E-state index contributed by atoms with van der Waals surface area (Å²) in [6.45, 7) is 6.00. The van der Waals surface area contributed by atoms with Crippen molar-refractivity contribution in [1.29, 1.82) is 0 Å². The van der Waals surface area contributed by atoms with Crippen LogP contribution in [0, 0.1) is 0 Å². The van der Waals surface area contributed by atoms with E-state index in [0.717, 1.165) is 22.7 Å². The molecular formula is C13H16N2O3S2. The van der Waals surface area contributed by atoms with E-state index in [4.69, 9.17) is 5.11 Å². The molecule has 20 heavy (non-hydrogen) atoms. The minimum Gasteiger partial charge on any atom is -0.476 e. The molecule has 0 aromatic carbocycles. The van der Waals surface area contributed by atoms with Crippen LogP contribution in [0.3, 0.4) is 0 Å². The van der Waals surface area contributed by atoms with E-state index in [-0.39, 0.29) is 5.69 Å². The van der Waals surface area contributed by atoms with Gasteiger partial charge in [-0.05, 0) is 6.42 Å². The number of aromatic nitrogens is 2. The zero-order valence-corrected chi connectivity index (χ0v) is 13.1. The normalized spacial score (nSPS) is 10.0. The van der Waals surface area contributed by atoms with Crippen molar-refractivity contribution in [3.63, 3.8) is 0 Å². The summed E-state index contributed by atoms with van der Waals surface area (Å²) in [6, 6.07) is 0. The van der Waals surface area contributed by atoms with E-state index in [1.54, 1.807) is 11.6 Å². The highest BCUT2D eigenvalue weighted by Crippen LogP contribution is 2.18. The van der Waals surface area contributed by atoms with Crippen molar-refractivity contribution in [3.8, 4) is 0 Å². The quantitative estimate of drug-likeness (QED) is 0.874. The molecule has 0 saturated heterocycles. The van der Waals surface area contributed by atoms with E-state index >= 15 is 0 Å². The molecule has 5 nitrogen and oxygen atoms in total. The molecular weight excluding hydrogens is 296 g/mol. The van der Waals surface area contributed by atoms with Gasteiger partial charge >= 0.3 is 5.97 Å². The van der Waals surface area contributed by atoms with E-state index < -0.39 is 5.97 Å². The predicted octanol–water partition coefficient (Wildman–Crippen LogP) is 3.48. The van der Waals surface area contributed by atoms with E-state index in [0.29, 0.717) is 10.8 Å². The van der Waals surface area contributed by atoms with Crippen LogP contribution in [-0.2, 0) is 6.42 Å². The van der Waals surface area contributed by atoms with Crippen molar-refractivity contribution in [1.82, 2.24) is 9.97 Å². The second-order valence-corrected chi connectivity index (χ2v) is 6.20. The Hall–Kier alpha value is -1.60. The molecule has 0 aliphatic heterocycles. The SMILES string of the molecule is CC(C)c1nc(C(=O)O)cs1.CCc1ncc(C=O)s1. The summed E-state index contributed by atoms with van der Waals surface area (Å²) in [6.07, 6.45) is 3.35. The molecule has 2 rings (SSSR count). The van der Waals surface area contributed by atoms with Crippen LogP contribution in [0.15, 0.2) is 11.6 Å². The van der Waals surface area contributed by atoms with Crippen LogP contribution >= 0.6 is 22.7 Å². The molecule has 0 aliphatic rings. The van der Waals surface area contributed by atoms with Crippen LogP contribution in [0.1, 0.15) is 56.9 Å². The molecule has 7 heteroatoms. The Balaban J connectivity index is 0.000000204. The third-order valence-corrected chi connectivity index (χ3v) is 4.44. The number of carboxylic acids is 1. The fourth-order valence-electron chi connectivity index (χ4n) is 1.19. The van der Waals surface area contributed by atoms with Gasteiger partial charge in [0.05, 0.1) is 14.9 Å². The molecule has 0 radical (unpaired) electrons. The second kappa shape index (κ2) is 7.86. The molecule has 2 heterocycles. The van der Waals surface area contributed by atoms with Crippen molar-refractivity contribution < 1.29 is 14.7 Å². The molecule has 0 aliphatic carbocycles. The van der Waals surface area contributed by atoms with Gasteiger partial charge in [-0.2, -0.15) is 0 Å². The Labute approximate surface area is 125 Å². The van der Waals surface area contributed by atoms with E-state index in [1.165, 1.54) is 22.7 Å². The molecule has 2 aromatic heterocycles. The molecule has 0 atom stereocenters. The van der Waals surface area contributed by atoms with Crippen LogP contribution in [0.2, 0.25) is 0 Å². The number of carbonyl (C=O) groups is 2. The lowest BCUT2D eigenvalue weighted by atomic mass is 10.2. The van der Waals surface area contributed by atoms with Crippen LogP contribution in [0.4, 0.5) is 0 Å². The zero-order chi connectivity index (χ0) is 15.1. The van der Waals surface area contributed by atoms with Crippen molar-refractivity contribution >= 4 is 34.9 Å². The summed E-state index contributed by atoms with van der Waals surface area (Å²) in [5.74, 6) is -0.638. The maximum absolute atomic E-state index is 10.4. The average molecular weight is 312 g/mol. The van der Waals surface area contributed by atoms with Gasteiger partial charge in [0.1, 0.15) is 0 Å². The number of aromatic carboxylic acids is 1. The number of thiazole rings is 2. The zero-order valence-electron chi connectivity index (χ0n) is 11.5. The average Bonchev–Trinajstić information content (AvgIpc) is 3.08. The van der Waals surface area contributed by atoms with Gasteiger partial charge in [0, 0.05) is 17.5 Å². The van der Waals surface area contributed by atoms with Crippen molar-refractivity contribution in [2.75, 3.05) is 0 Å². The van der Waals surface area contributed by atoms with Gasteiger partial charge in [0.2, 0.25) is 0 Å². The first-order valence-corrected chi connectivity index (χ1v) is 7.76. The highest BCUT2D eigenvalue weighted by atomic mass is 32.1. The summed E-state index contributed by atoms with van der Waals surface area (Å²) in [7, 11) is 0. The lowest BCUT2D eigenvalue weighted by molar-refractivity contribution is 0.0691. The van der Waals surface area contributed by atoms with Crippen LogP contribution in [0.5, 0.6) is 0 Å². The Morgan fingerprint density at radius 2 is 2.20 bits per heavy atom. The number of nitrogens with zero attached hydrogens (tertiary/aromatic N) is 2. The monoisotopic (exact) mass is 312 g/mol. The number of hydrogen-bond acceptors (Lipinski definition) is 6. The molecule has 0 saturated carbocycles. The van der Waals surface area contributed by atoms with Crippen LogP contribution < -0.4 is 0 Å². The smallest absolute Gasteiger partial charge is 0.355 e. The van der Waals surface area contributed by atoms with Crippen molar-refractivity contribution in [2.24, 2.45) is 0 Å². The first kappa shape index (κ1) is 16.5. The number of rotatable bonds is 4. The molecule has 0 spiro atoms. The maximum Gasteiger partial charge on any atom is 0.355 e. The van der Waals surface area contributed by atoms with E-state index in [2.05, 4.69) is 9.97 Å². The summed E-state index contributed by atoms with van der Waals surface area (Å²) >= 11 is 2.85. The fourth-order valence-corrected chi connectivity index (χ4v) is 2.68. The maximum atomic E-state index is 10.4. The van der Waals surface area contributed by atoms with Crippen molar-refractivity contribution in [2.45, 2.75) is 33.1 Å². The molecule has 0 unspecified atom stereocenters. The minimum absolute atomic E-state index is 0.152. The van der Waals surface area contributed by atoms with Gasteiger partial charge in [-0.3, -0.25) is 4.79 Å². The first-order valence-electron chi connectivity index (χ1n) is 6.06. The van der Waals surface area contributed by atoms with Crippen LogP contribution in [-0.4, -0.2) is 27.3 Å². The van der Waals surface area contributed by atoms with Gasteiger partial charge < -0.3 is 5.11 Å². The minimum atomic E-state index is -0.951. The van der Waals surface area contributed by atoms with Gasteiger partial charge in [0.15, 0.2) is 12.0 Å². The standard InChI is InChI=1S/C7H9NO2S.C6H7NOS/c1-4(2)6-8-5(3-11-6)7(9)10;1-2-6-7-3-5(4-8)9-6/h3-4H,1-2H3,(H,9,10);3-4H,2H2,1H3. The third-order valence-electron chi connectivity index (χ3n) is 2.23. The highest BCUT2D eigenvalue weighted by Gasteiger charge is 2.09. The van der Waals surface area contributed by atoms with Gasteiger partial charge in [0.25, 0.3) is 0 Å². The van der Waals surface area contributed by atoms with E-state index in [1.807, 2.05) is 20.8 Å². The summed E-state index contributed by atoms with van der Waals surface area (Å²) in [5, 5.41) is 12.0. The largest absolute Gasteiger partial charge is 0.476 e. The topological polar surface area (TPSA) is 80.2 Å². The number of aryl methyl sites for hydroxylation is 1.